The SMILES string of the molecule is CCC(CC)N(CCOC)C(CC)CNCC(C)C. The Hall–Kier alpha value is -0.120. The van der Waals surface area contributed by atoms with E-state index in [-0.39, 0.29) is 0 Å². The molecule has 0 spiro atoms. The minimum Gasteiger partial charge on any atom is -0.383 e. The van der Waals surface area contributed by atoms with E-state index in [0.717, 1.165) is 32.2 Å². The standard InChI is InChI=1S/C16H36N2O/c1-7-15(8-2)18(10-11-19-6)16(9-3)13-17-12-14(4)5/h14-17H,7-13H2,1-6H3. The van der Waals surface area contributed by atoms with Crippen molar-refractivity contribution in [1.29, 1.82) is 0 Å². The summed E-state index contributed by atoms with van der Waals surface area (Å²) in [6, 6.07) is 1.31. The van der Waals surface area contributed by atoms with E-state index < -0.39 is 0 Å². The Bertz CT molecular complexity index is 193. The predicted molar refractivity (Wildman–Crippen MR) is 84.7 cm³/mol. The topological polar surface area (TPSA) is 24.5 Å². The lowest BCUT2D eigenvalue weighted by molar-refractivity contribution is 0.0766. The van der Waals surface area contributed by atoms with Gasteiger partial charge in [0.25, 0.3) is 0 Å². The van der Waals surface area contributed by atoms with E-state index in [1.807, 2.05) is 0 Å². The second-order valence-corrected chi connectivity index (χ2v) is 5.82. The van der Waals surface area contributed by atoms with Crippen LogP contribution in [-0.2, 0) is 4.74 Å². The van der Waals surface area contributed by atoms with Crippen LogP contribution in [0.5, 0.6) is 0 Å². The molecule has 0 bridgehead atoms. The van der Waals surface area contributed by atoms with Crippen LogP contribution in [0.25, 0.3) is 0 Å². The van der Waals surface area contributed by atoms with Gasteiger partial charge in [-0.15, -0.1) is 0 Å². The summed E-state index contributed by atoms with van der Waals surface area (Å²) in [5.74, 6) is 0.720. The maximum atomic E-state index is 5.29. The van der Waals surface area contributed by atoms with Gasteiger partial charge in [0.1, 0.15) is 0 Å². The summed E-state index contributed by atoms with van der Waals surface area (Å²) in [4.78, 5) is 2.65. The molecule has 0 aliphatic heterocycles. The van der Waals surface area contributed by atoms with Crippen LogP contribution in [0.3, 0.4) is 0 Å². The molecule has 0 aliphatic carbocycles. The number of nitrogens with one attached hydrogen (secondary N) is 1. The summed E-state index contributed by atoms with van der Waals surface area (Å²) in [6.45, 7) is 15.5. The van der Waals surface area contributed by atoms with Crippen molar-refractivity contribution in [2.45, 2.75) is 66.0 Å². The van der Waals surface area contributed by atoms with Crippen LogP contribution in [0.4, 0.5) is 0 Å². The molecule has 0 aromatic rings. The van der Waals surface area contributed by atoms with Gasteiger partial charge in [-0.25, -0.2) is 0 Å². The van der Waals surface area contributed by atoms with Crippen LogP contribution in [0.1, 0.15) is 53.9 Å². The Morgan fingerprint density at radius 3 is 1.95 bits per heavy atom. The van der Waals surface area contributed by atoms with Crippen molar-refractivity contribution in [3.63, 3.8) is 0 Å². The smallest absolute Gasteiger partial charge is 0.0589 e. The minimum atomic E-state index is 0.624. The quantitative estimate of drug-likeness (QED) is 0.591. The van der Waals surface area contributed by atoms with Gasteiger partial charge in [0.05, 0.1) is 6.61 Å². The number of methoxy groups -OCH3 is 1. The molecule has 1 unspecified atom stereocenters. The van der Waals surface area contributed by atoms with Crippen molar-refractivity contribution in [1.82, 2.24) is 10.2 Å². The van der Waals surface area contributed by atoms with Gasteiger partial charge in [-0.1, -0.05) is 34.6 Å². The highest BCUT2D eigenvalue weighted by molar-refractivity contribution is 4.79. The molecule has 0 heterocycles. The first-order valence-electron chi connectivity index (χ1n) is 8.05. The third-order valence-corrected chi connectivity index (χ3v) is 3.84. The maximum Gasteiger partial charge on any atom is 0.0589 e. The summed E-state index contributed by atoms with van der Waals surface area (Å²) in [5.41, 5.74) is 0. The van der Waals surface area contributed by atoms with Crippen LogP contribution in [-0.4, -0.2) is 50.3 Å². The second-order valence-electron chi connectivity index (χ2n) is 5.82. The minimum absolute atomic E-state index is 0.624. The highest BCUT2D eigenvalue weighted by Gasteiger charge is 2.22. The van der Waals surface area contributed by atoms with Gasteiger partial charge in [-0.3, -0.25) is 4.90 Å². The van der Waals surface area contributed by atoms with Crippen molar-refractivity contribution in [3.8, 4) is 0 Å². The highest BCUT2D eigenvalue weighted by Crippen LogP contribution is 2.14. The highest BCUT2D eigenvalue weighted by atomic mass is 16.5. The van der Waals surface area contributed by atoms with Crippen LogP contribution in [0.2, 0.25) is 0 Å². The van der Waals surface area contributed by atoms with E-state index >= 15 is 0 Å². The average molecular weight is 272 g/mol. The summed E-state index contributed by atoms with van der Waals surface area (Å²) in [7, 11) is 1.79. The molecule has 1 atom stereocenters. The molecule has 1 N–H and O–H groups in total. The molecular weight excluding hydrogens is 236 g/mol. The molecule has 19 heavy (non-hydrogen) atoms. The van der Waals surface area contributed by atoms with Gasteiger partial charge >= 0.3 is 0 Å². The lowest BCUT2D eigenvalue weighted by Gasteiger charge is -2.37. The van der Waals surface area contributed by atoms with Crippen molar-refractivity contribution < 1.29 is 4.74 Å². The van der Waals surface area contributed by atoms with Gasteiger partial charge in [-0.2, -0.15) is 0 Å². The molecule has 3 nitrogen and oxygen atoms in total. The Balaban J connectivity index is 4.47. The van der Waals surface area contributed by atoms with E-state index in [0.29, 0.717) is 12.1 Å². The monoisotopic (exact) mass is 272 g/mol. The third kappa shape index (κ3) is 7.91. The lowest BCUT2D eigenvalue weighted by atomic mass is 10.1. The van der Waals surface area contributed by atoms with E-state index in [2.05, 4.69) is 44.8 Å². The number of rotatable bonds is 12. The molecule has 0 amide bonds. The maximum absolute atomic E-state index is 5.29. The number of hydrogen-bond donors (Lipinski definition) is 1. The van der Waals surface area contributed by atoms with E-state index in [1.165, 1.54) is 19.3 Å². The van der Waals surface area contributed by atoms with Crippen molar-refractivity contribution in [2.75, 3.05) is 33.4 Å². The first-order valence-corrected chi connectivity index (χ1v) is 8.05. The van der Waals surface area contributed by atoms with Crippen molar-refractivity contribution in [3.05, 3.63) is 0 Å². The van der Waals surface area contributed by atoms with E-state index in [9.17, 15) is 0 Å². The first-order chi connectivity index (χ1) is 9.10. The van der Waals surface area contributed by atoms with E-state index in [4.69, 9.17) is 4.74 Å². The van der Waals surface area contributed by atoms with Crippen molar-refractivity contribution in [2.24, 2.45) is 5.92 Å². The molecule has 0 saturated heterocycles. The molecule has 0 fully saturated rings. The van der Waals surface area contributed by atoms with Crippen molar-refractivity contribution >= 4 is 0 Å². The van der Waals surface area contributed by atoms with Crippen LogP contribution in [0.15, 0.2) is 0 Å². The number of ether oxygens (including phenoxy) is 1. The molecule has 0 aliphatic rings. The normalized spacial score (nSPS) is 13.7. The van der Waals surface area contributed by atoms with Gasteiger partial charge in [0.2, 0.25) is 0 Å². The summed E-state index contributed by atoms with van der Waals surface area (Å²) < 4.78 is 5.29. The Labute approximate surface area is 121 Å². The van der Waals surface area contributed by atoms with E-state index in [1.54, 1.807) is 7.11 Å². The summed E-state index contributed by atoms with van der Waals surface area (Å²) in [5, 5.41) is 3.61. The molecule has 0 aromatic carbocycles. The molecule has 0 rings (SSSR count). The van der Waals surface area contributed by atoms with Gasteiger partial charge in [0, 0.05) is 32.3 Å². The van der Waals surface area contributed by atoms with Gasteiger partial charge in [-0.05, 0) is 31.7 Å². The summed E-state index contributed by atoms with van der Waals surface area (Å²) >= 11 is 0. The Morgan fingerprint density at radius 2 is 1.53 bits per heavy atom. The third-order valence-electron chi connectivity index (χ3n) is 3.84. The number of hydrogen-bond acceptors (Lipinski definition) is 3. The largest absolute Gasteiger partial charge is 0.383 e. The number of nitrogens with zero attached hydrogens (tertiary/aromatic N) is 1. The molecule has 116 valence electrons. The first kappa shape index (κ1) is 18.9. The second kappa shape index (κ2) is 11.7. The predicted octanol–water partition coefficient (Wildman–Crippen LogP) is 3.15. The molecular formula is C16H36N2O. The molecule has 0 radical (unpaired) electrons. The Morgan fingerprint density at radius 1 is 0.947 bits per heavy atom. The van der Waals surface area contributed by atoms with Crippen LogP contribution in [0, 0.1) is 5.92 Å². The zero-order chi connectivity index (χ0) is 14.7. The fourth-order valence-corrected chi connectivity index (χ4v) is 2.65. The zero-order valence-electron chi connectivity index (χ0n) is 14.0. The molecule has 3 heteroatoms. The zero-order valence-corrected chi connectivity index (χ0v) is 14.0. The van der Waals surface area contributed by atoms with Crippen LogP contribution < -0.4 is 5.32 Å². The summed E-state index contributed by atoms with van der Waals surface area (Å²) in [6.07, 6.45) is 3.65. The fraction of sp³-hybridized carbons (Fsp3) is 1.00. The Kier molecular flexibility index (Phi) is 11.6. The molecule has 0 aromatic heterocycles. The molecule has 0 saturated carbocycles. The lowest BCUT2D eigenvalue weighted by Crippen LogP contribution is -2.49. The average Bonchev–Trinajstić information content (AvgIpc) is 2.40. The fourth-order valence-electron chi connectivity index (χ4n) is 2.65. The van der Waals surface area contributed by atoms with Crippen LogP contribution >= 0.6 is 0 Å². The van der Waals surface area contributed by atoms with Gasteiger partial charge < -0.3 is 10.1 Å². The van der Waals surface area contributed by atoms with Gasteiger partial charge in [0.15, 0.2) is 0 Å².